The molecule has 8 nitrogen and oxygen atoms in total. The molecule has 50 heteroatoms. The van der Waals surface area contributed by atoms with Gasteiger partial charge in [-0.2, -0.15) is 0 Å². The number of allylic oxidation sites excluding steroid dienone is 2. The van der Waals surface area contributed by atoms with Crippen molar-refractivity contribution < 1.29 is 38.6 Å². The summed E-state index contributed by atoms with van der Waals surface area (Å²) in [6.45, 7) is 21.3. The first kappa shape index (κ1) is 105. The summed E-state index contributed by atoms with van der Waals surface area (Å²) in [6, 6.07) is 0. The van der Waals surface area contributed by atoms with E-state index in [-0.39, 0.29) is 206 Å². The molecule has 92 heavy (non-hydrogen) atoms. The van der Waals surface area contributed by atoms with E-state index in [9.17, 15) is 29.1 Å². The Morgan fingerprint density at radius 1 is 0.543 bits per heavy atom. The average molecular weight is 2040 g/mol. The Labute approximate surface area is 632 Å². The summed E-state index contributed by atoms with van der Waals surface area (Å²) in [5, 5.41) is 9.26. The monoisotopic (exact) mass is 2040 g/mol. The number of hydrogen-bond donors (Lipinski definition) is 1. The maximum Gasteiger partial charge on any atom is 0.332 e. The van der Waals surface area contributed by atoms with Gasteiger partial charge in [0, 0.05) is 59.3 Å². The molecule has 6 aliphatic rings. The number of carbonyl (C=O) groups excluding carboxylic acids is 5. The number of Topliss-reactive ketones (excluding diaryl/α,β-unsaturated/α-hetero) is 3. The Bertz CT molecular complexity index is 2440. The highest BCUT2D eigenvalue weighted by atomic mass is 33.5. The van der Waals surface area contributed by atoms with Gasteiger partial charge in [-0.1, -0.05) is 67.2 Å². The van der Waals surface area contributed by atoms with Crippen molar-refractivity contribution in [1.29, 1.82) is 0 Å². The van der Waals surface area contributed by atoms with Crippen LogP contribution in [0.15, 0.2) is 36.5 Å². The van der Waals surface area contributed by atoms with Crippen LogP contribution in [-0.2, 0) is 33.4 Å². The van der Waals surface area contributed by atoms with Gasteiger partial charge in [0.15, 0.2) is 5.78 Å². The van der Waals surface area contributed by atoms with Gasteiger partial charge in [0.05, 0.1) is 5.41 Å². The molecule has 0 aromatic rings. The summed E-state index contributed by atoms with van der Waals surface area (Å²) >= 11 is 0. The summed E-state index contributed by atoms with van der Waals surface area (Å²) in [5.74, 6) is -0.377. The Balaban J connectivity index is 0.000000642. The third kappa shape index (κ3) is 26.6. The standard InChI is InChI=1S/C22H32O5.C18H24O3.2CH4.H34P32.H12P10/c1-6-20(4)11-16(27-17(25)12-23)21(5)13(2)7-9-22(14(3)19(20)26)10-8-15(24)18(21)22;1-5-17(3)10-14(21-16(17)20)18(4)11(2)6-7-12-8-9-13(19)15(12)18;;;1-18(2)26(17)30(25(15)16)32(29(23(11)12)24(13)14)31(27(19(3)4)20(5)6)28(21(7)8)22(9)10;1-7(2)10(8(3)4)9(5)6/h6,13-14,16,18,23H,1,7-12H2,2-5H3;5,11,14H,1,6-10H2,2-4H3;2*1H4;1-17H2;1-6H2/t13-,14+,16-,18+,20-,21+,22+;11-,14-,17-,18+;;;;/m11..../s1. The fourth-order valence-electron chi connectivity index (χ4n) is 12.9. The SMILES string of the molecule is C.C.C=C[C@]1(C)C[C@@H](OC(=O)CO)[C@]2(C)[C@H](C)CC[C@]3(CCC(=O)[C@H]32)[C@@H](C)C1=O.C=C[C@]1(C)C[C@H]([C@@]2(C)C3=C(CCC3=O)CC[C@H]2C)OC1=O.PP(P)P(P(P)P)P(P)P.PP(P)P(P)P(P(P)P)P(P(P(P)P)P(P)P)P(P(P(P)P)P(P)P)P(P(P)P)P(P)P. The third-order valence-electron chi connectivity index (χ3n) is 17.9. The van der Waals surface area contributed by atoms with Gasteiger partial charge >= 0.3 is 11.9 Å². The molecule has 3 saturated carbocycles. The van der Waals surface area contributed by atoms with E-state index < -0.39 is 34.9 Å². The van der Waals surface area contributed by atoms with E-state index in [0.717, 1.165) is 44.1 Å². The number of esters is 2. The molecule has 5 aliphatic carbocycles. The Kier molecular flexibility index (Phi) is 55.1. The number of ketones is 3. The lowest BCUT2D eigenvalue weighted by atomic mass is 9.44. The van der Waals surface area contributed by atoms with E-state index >= 15 is 0 Å². The van der Waals surface area contributed by atoms with Gasteiger partial charge in [0.25, 0.3) is 0 Å². The Hall–Kier alpha value is 15.2. The van der Waals surface area contributed by atoms with Crippen molar-refractivity contribution >= 4 is 367 Å². The highest BCUT2D eigenvalue weighted by Crippen LogP contribution is 3.39. The lowest BCUT2D eigenvalue weighted by molar-refractivity contribution is -0.194. The summed E-state index contributed by atoms with van der Waals surface area (Å²) in [6.07, 6.45) is 10.0. The van der Waals surface area contributed by atoms with E-state index in [1.54, 1.807) is 12.2 Å². The second kappa shape index (κ2) is 48.2. The van der Waals surface area contributed by atoms with Crippen molar-refractivity contribution in [3.63, 3.8) is 0 Å². The number of carbonyl (C=O) groups is 5. The predicted molar refractivity (Wildman–Crippen MR) is 550 cm³/mol. The van der Waals surface area contributed by atoms with Gasteiger partial charge in [-0.3, -0.25) is 19.2 Å². The van der Waals surface area contributed by atoms with Crippen molar-refractivity contribution in [1.82, 2.24) is 0 Å². The molecule has 37 atom stereocenters. The van der Waals surface area contributed by atoms with Crippen molar-refractivity contribution in [2.24, 2.45) is 50.7 Å². The van der Waals surface area contributed by atoms with Crippen molar-refractivity contribution in [2.45, 2.75) is 140 Å². The van der Waals surface area contributed by atoms with Crippen LogP contribution in [0.2, 0.25) is 0 Å². The highest BCUT2D eigenvalue weighted by molar-refractivity contribution is 9.45. The fourth-order valence-corrected chi connectivity index (χ4v) is 514. The van der Waals surface area contributed by atoms with Crippen molar-refractivity contribution in [3.8, 4) is 0 Å². The number of rotatable bonds is 22. The molecule has 0 aromatic heterocycles. The first-order valence-corrected chi connectivity index (χ1v) is 102. The normalized spacial score (nSPS) is 30.8. The molecular formula is C42H110O8P42. The topological polar surface area (TPSA) is 124 Å². The number of aliphatic hydroxyl groups excluding tert-OH is 1. The van der Waals surface area contributed by atoms with Crippen LogP contribution in [0, 0.1) is 50.7 Å². The van der Waals surface area contributed by atoms with Gasteiger partial charge in [0.1, 0.15) is 30.4 Å². The van der Waals surface area contributed by atoms with E-state index in [2.05, 4.69) is 246 Å². The zero-order valence-corrected chi connectivity index (χ0v) is 95.4. The van der Waals surface area contributed by atoms with Crippen LogP contribution >= 0.6 is 338 Å². The number of aliphatic hydroxyl groups is 1. The summed E-state index contributed by atoms with van der Waals surface area (Å²) < 4.78 is 11.5. The van der Waals surface area contributed by atoms with Crippen molar-refractivity contribution in [3.05, 3.63) is 36.5 Å². The quantitative estimate of drug-likeness (QED) is 0.0646. The first-order valence-electron chi connectivity index (χ1n) is 27.3. The Morgan fingerprint density at radius 2 is 0.967 bits per heavy atom. The van der Waals surface area contributed by atoms with E-state index in [1.807, 2.05) is 20.8 Å². The molecule has 2 bridgehead atoms. The lowest BCUT2D eigenvalue weighted by Crippen LogP contribution is -2.62. The second-order valence-electron chi connectivity index (χ2n) is 23.2. The van der Waals surface area contributed by atoms with Crippen LogP contribution < -0.4 is 0 Å². The van der Waals surface area contributed by atoms with Crippen LogP contribution in [0.5, 0.6) is 0 Å². The number of hydrogen-bond acceptors (Lipinski definition) is 8. The van der Waals surface area contributed by atoms with E-state index in [4.69, 9.17) is 9.47 Å². The molecule has 0 radical (unpaired) electrons. The van der Waals surface area contributed by atoms with Gasteiger partial charge in [-0.25, -0.2) is 4.79 Å². The summed E-state index contributed by atoms with van der Waals surface area (Å²) in [5.41, 5.74) is -0.428. The van der Waals surface area contributed by atoms with Crippen LogP contribution in [0.3, 0.4) is 0 Å². The zero-order chi connectivity index (χ0) is 69.6. The number of cyclic esters (lactones) is 1. The van der Waals surface area contributed by atoms with Crippen molar-refractivity contribution in [2.75, 3.05) is 6.61 Å². The maximum absolute atomic E-state index is 13.5. The molecule has 1 saturated heterocycles. The molecule has 6 rings (SSSR count). The largest absolute Gasteiger partial charge is 0.461 e. The molecule has 0 spiro atoms. The second-order valence-corrected chi connectivity index (χ2v) is 189. The fraction of sp³-hybridized carbons (Fsp3) is 0.738. The minimum atomic E-state index is -0.832. The van der Waals surface area contributed by atoms with Gasteiger partial charge in [-0.15, -0.1) is 219 Å². The predicted octanol–water partition coefficient (Wildman–Crippen LogP) is 31.8. The third-order valence-corrected chi connectivity index (χ3v) is 281. The van der Waals surface area contributed by atoms with Crippen LogP contribution in [-0.4, -0.2) is 53.2 Å². The maximum atomic E-state index is 13.5. The smallest absolute Gasteiger partial charge is 0.332 e. The van der Waals surface area contributed by atoms with Crippen LogP contribution in [0.25, 0.3) is 0 Å². The highest BCUT2D eigenvalue weighted by Gasteiger charge is 2.68. The molecule has 0 amide bonds. The van der Waals surface area contributed by atoms with E-state index in [1.165, 1.54) is 5.57 Å². The summed E-state index contributed by atoms with van der Waals surface area (Å²) in [4.78, 5) is 63.3. The van der Waals surface area contributed by atoms with Gasteiger partial charge < -0.3 is 14.6 Å². The zero-order valence-electron chi connectivity index (χ0n) is 51.9. The lowest BCUT2D eigenvalue weighted by Gasteiger charge is -2.60. The van der Waals surface area contributed by atoms with E-state index in [0.29, 0.717) is 31.6 Å². The first-order chi connectivity index (χ1) is 41.3. The van der Waals surface area contributed by atoms with Gasteiger partial charge in [0.2, 0.25) is 0 Å². The summed E-state index contributed by atoms with van der Waals surface area (Å²) in [7, 11) is 73.9. The molecule has 536 valence electrons. The minimum absolute atomic E-state index is 0. The molecule has 4 fully saturated rings. The average Bonchev–Trinajstić information content (AvgIpc) is 1.38. The molecule has 1 heterocycles. The van der Waals surface area contributed by atoms with Crippen LogP contribution in [0.4, 0.5) is 0 Å². The minimum Gasteiger partial charge on any atom is -0.461 e. The molecule has 1 N–H and O–H groups in total. The molecular weight excluding hydrogens is 1930 g/mol. The van der Waals surface area contributed by atoms with Gasteiger partial charge in [-0.05, 0) is 202 Å². The molecule has 1 aliphatic heterocycles. The molecule has 0 aromatic carbocycles. The Morgan fingerprint density at radius 3 is 1.34 bits per heavy atom. The van der Waals surface area contributed by atoms with Crippen LogP contribution in [0.1, 0.15) is 128 Å². The number of ether oxygens (including phenoxy) is 2. The molecule has 26 unspecified atom stereocenters.